The Morgan fingerprint density at radius 3 is 2.44 bits per heavy atom. The summed E-state index contributed by atoms with van der Waals surface area (Å²) in [6, 6.07) is 4.51. The lowest BCUT2D eigenvalue weighted by Crippen LogP contribution is -2.52. The van der Waals surface area contributed by atoms with E-state index in [1.54, 1.807) is 11.9 Å². The molecule has 1 saturated heterocycles. The van der Waals surface area contributed by atoms with Gasteiger partial charge in [-0.3, -0.25) is 14.4 Å². The average Bonchev–Trinajstić information content (AvgIpc) is 3.03. The van der Waals surface area contributed by atoms with Crippen LogP contribution in [0.15, 0.2) is 30.4 Å². The minimum Gasteiger partial charge on any atom is -0.394 e. The molecule has 1 heterocycles. The lowest BCUT2D eigenvalue weighted by Gasteiger charge is -2.35. The van der Waals surface area contributed by atoms with E-state index >= 15 is 0 Å². The van der Waals surface area contributed by atoms with Crippen LogP contribution in [0.2, 0.25) is 0 Å². The third kappa shape index (κ3) is 4.18. The van der Waals surface area contributed by atoms with Crippen molar-refractivity contribution in [1.29, 1.82) is 0 Å². The number of benzene rings is 1. The highest BCUT2D eigenvalue weighted by atomic mass is 16.3. The number of anilines is 1. The first-order valence-corrected chi connectivity index (χ1v) is 11.3. The molecular weight excluding hydrogens is 406 g/mol. The number of hydrogen-bond donors (Lipinski definition) is 3. The molecule has 6 atom stereocenters. The Bertz CT molecular complexity index is 926. The molecule has 0 aromatic heterocycles. The fourth-order valence-corrected chi connectivity index (χ4v) is 5.16. The molecule has 3 rings (SSSR count). The third-order valence-corrected chi connectivity index (χ3v) is 6.99. The second kappa shape index (κ2) is 9.45. The van der Waals surface area contributed by atoms with Gasteiger partial charge in [-0.05, 0) is 42.9 Å². The van der Waals surface area contributed by atoms with E-state index in [-0.39, 0.29) is 36.2 Å². The van der Waals surface area contributed by atoms with E-state index in [0.717, 1.165) is 11.1 Å². The molecule has 0 bridgehead atoms. The van der Waals surface area contributed by atoms with Gasteiger partial charge in [-0.15, -0.1) is 0 Å². The number of amides is 3. The molecule has 0 saturated carbocycles. The van der Waals surface area contributed by atoms with Crippen LogP contribution in [0.5, 0.6) is 0 Å². The normalized spacial score (nSPS) is 27.9. The maximum Gasteiger partial charge on any atom is 0.247 e. The van der Waals surface area contributed by atoms with Crippen molar-refractivity contribution >= 4 is 23.4 Å². The molecule has 1 fully saturated rings. The summed E-state index contributed by atoms with van der Waals surface area (Å²) in [6.45, 7) is 9.38. The molecule has 1 aliphatic carbocycles. The van der Waals surface area contributed by atoms with Crippen LogP contribution in [0.4, 0.5) is 5.69 Å². The van der Waals surface area contributed by atoms with Crippen molar-refractivity contribution in [1.82, 2.24) is 10.2 Å². The first-order valence-electron chi connectivity index (χ1n) is 11.3. The number of carbonyl (C=O) groups is 3. The zero-order valence-corrected chi connectivity index (χ0v) is 19.8. The summed E-state index contributed by atoms with van der Waals surface area (Å²) in [5.41, 5.74) is 2.64. The van der Waals surface area contributed by atoms with E-state index in [4.69, 9.17) is 0 Å². The molecule has 1 aromatic carbocycles. The van der Waals surface area contributed by atoms with E-state index in [1.165, 1.54) is 0 Å². The number of hydrogen-bond acceptors (Lipinski definition) is 4. The number of nitrogens with zero attached hydrogens (tertiary/aromatic N) is 1. The Labute approximate surface area is 190 Å². The van der Waals surface area contributed by atoms with Gasteiger partial charge in [-0.25, -0.2) is 0 Å². The van der Waals surface area contributed by atoms with Crippen LogP contribution in [0, 0.1) is 43.4 Å². The smallest absolute Gasteiger partial charge is 0.247 e. The SMILES string of the molecule is CNC(=O)[C@H]1[C@@H]2C(=O)N([C@@H](CO)C(C)C)[C@H](C(=O)Nc3cc(C)ccc3C)[C@H]2C=C[C@H]1C. The summed E-state index contributed by atoms with van der Waals surface area (Å²) in [6.07, 6.45) is 3.84. The minimum atomic E-state index is -0.803. The lowest BCUT2D eigenvalue weighted by molar-refractivity contribution is -0.143. The predicted octanol–water partition coefficient (Wildman–Crippen LogP) is 2.27. The van der Waals surface area contributed by atoms with Gasteiger partial charge in [-0.1, -0.05) is 45.1 Å². The number of likely N-dealkylation sites (tertiary alicyclic amines) is 1. The van der Waals surface area contributed by atoms with E-state index < -0.39 is 29.8 Å². The van der Waals surface area contributed by atoms with E-state index in [9.17, 15) is 19.5 Å². The number of allylic oxidation sites excluding steroid dienone is 1. The van der Waals surface area contributed by atoms with Crippen LogP contribution < -0.4 is 10.6 Å². The average molecular weight is 442 g/mol. The molecule has 7 nitrogen and oxygen atoms in total. The van der Waals surface area contributed by atoms with Crippen LogP contribution in [0.1, 0.15) is 31.9 Å². The number of aliphatic hydroxyl groups is 1. The molecule has 0 unspecified atom stereocenters. The van der Waals surface area contributed by atoms with E-state index in [0.29, 0.717) is 5.69 Å². The molecule has 3 N–H and O–H groups in total. The van der Waals surface area contributed by atoms with Gasteiger partial charge in [0, 0.05) is 18.7 Å². The highest BCUT2D eigenvalue weighted by Gasteiger charge is 2.58. The predicted molar refractivity (Wildman–Crippen MR) is 124 cm³/mol. The van der Waals surface area contributed by atoms with Crippen molar-refractivity contribution in [3.05, 3.63) is 41.5 Å². The molecule has 1 aromatic rings. The number of fused-ring (bicyclic) bond motifs is 1. The van der Waals surface area contributed by atoms with E-state index in [2.05, 4.69) is 10.6 Å². The Hall–Kier alpha value is -2.67. The summed E-state index contributed by atoms with van der Waals surface area (Å²) in [5, 5.41) is 15.8. The Morgan fingerprint density at radius 2 is 1.84 bits per heavy atom. The first-order chi connectivity index (χ1) is 15.1. The number of aliphatic hydroxyl groups excluding tert-OH is 1. The van der Waals surface area contributed by atoms with Gasteiger partial charge < -0.3 is 20.6 Å². The molecule has 0 spiro atoms. The summed E-state index contributed by atoms with van der Waals surface area (Å²) >= 11 is 0. The van der Waals surface area contributed by atoms with Crippen LogP contribution in [-0.2, 0) is 14.4 Å². The summed E-state index contributed by atoms with van der Waals surface area (Å²) in [5.74, 6) is -2.58. The molecule has 2 aliphatic rings. The van der Waals surface area contributed by atoms with Gasteiger partial charge in [0.25, 0.3) is 0 Å². The fourth-order valence-electron chi connectivity index (χ4n) is 5.16. The molecule has 32 heavy (non-hydrogen) atoms. The largest absolute Gasteiger partial charge is 0.394 e. The highest BCUT2D eigenvalue weighted by molar-refractivity contribution is 6.02. The Morgan fingerprint density at radius 1 is 1.16 bits per heavy atom. The van der Waals surface area contributed by atoms with Gasteiger partial charge in [0.15, 0.2) is 0 Å². The van der Waals surface area contributed by atoms with Crippen molar-refractivity contribution < 1.29 is 19.5 Å². The zero-order chi connectivity index (χ0) is 23.7. The molecule has 7 heteroatoms. The first kappa shape index (κ1) is 24.0. The number of carbonyl (C=O) groups excluding carboxylic acids is 3. The molecule has 174 valence electrons. The van der Waals surface area contributed by atoms with E-state index in [1.807, 2.05) is 65.0 Å². The standard InChI is InChI=1S/C25H35N3O4/c1-13(2)19(12-29)28-22(24(31)27-18-11-14(3)7-8-15(18)4)17-10-9-16(5)20(23(30)26-6)21(17)25(28)32/h7-11,13,16-17,19-22,29H,12H2,1-6H3,(H,26,30)(H,27,31)/t16-,17+,19+,20-,21-,22+/m1/s1. The van der Waals surface area contributed by atoms with Crippen molar-refractivity contribution in [3.8, 4) is 0 Å². The number of aryl methyl sites for hydroxylation is 2. The highest BCUT2D eigenvalue weighted by Crippen LogP contribution is 2.45. The quantitative estimate of drug-likeness (QED) is 0.590. The van der Waals surface area contributed by atoms with Crippen molar-refractivity contribution in [2.45, 2.75) is 46.7 Å². The Balaban J connectivity index is 2.06. The van der Waals surface area contributed by atoms with Crippen LogP contribution in [0.3, 0.4) is 0 Å². The summed E-state index contributed by atoms with van der Waals surface area (Å²) in [7, 11) is 1.56. The lowest BCUT2D eigenvalue weighted by atomic mass is 9.70. The second-order valence-electron chi connectivity index (χ2n) is 9.48. The van der Waals surface area contributed by atoms with Crippen molar-refractivity contribution in [3.63, 3.8) is 0 Å². The minimum absolute atomic E-state index is 0.0556. The Kier molecular flexibility index (Phi) is 7.08. The summed E-state index contributed by atoms with van der Waals surface area (Å²) < 4.78 is 0. The maximum absolute atomic E-state index is 13.7. The van der Waals surface area contributed by atoms with Gasteiger partial charge in [0.2, 0.25) is 17.7 Å². The second-order valence-corrected chi connectivity index (χ2v) is 9.48. The fraction of sp³-hybridized carbons (Fsp3) is 0.560. The zero-order valence-electron chi connectivity index (χ0n) is 19.8. The molecule has 3 amide bonds. The van der Waals surface area contributed by atoms with Gasteiger partial charge >= 0.3 is 0 Å². The number of rotatable bonds is 6. The van der Waals surface area contributed by atoms with Crippen molar-refractivity contribution in [2.75, 3.05) is 19.0 Å². The van der Waals surface area contributed by atoms with Crippen molar-refractivity contribution in [2.24, 2.45) is 29.6 Å². The van der Waals surface area contributed by atoms with Gasteiger partial charge in [0.1, 0.15) is 6.04 Å². The maximum atomic E-state index is 13.7. The van der Waals surface area contributed by atoms with Crippen LogP contribution in [-0.4, -0.2) is 53.5 Å². The number of nitrogens with one attached hydrogen (secondary N) is 2. The molecule has 1 aliphatic heterocycles. The van der Waals surface area contributed by atoms with Gasteiger partial charge in [0.05, 0.1) is 24.5 Å². The molecular formula is C25H35N3O4. The summed E-state index contributed by atoms with van der Waals surface area (Å²) in [4.78, 5) is 41.6. The van der Waals surface area contributed by atoms with Crippen LogP contribution >= 0.6 is 0 Å². The van der Waals surface area contributed by atoms with Gasteiger partial charge in [-0.2, -0.15) is 0 Å². The topological polar surface area (TPSA) is 98.7 Å². The monoisotopic (exact) mass is 441 g/mol. The van der Waals surface area contributed by atoms with Crippen LogP contribution in [0.25, 0.3) is 0 Å². The molecule has 0 radical (unpaired) electrons. The third-order valence-electron chi connectivity index (χ3n) is 6.99.